The van der Waals surface area contributed by atoms with Crippen molar-refractivity contribution < 1.29 is 28.2 Å². The van der Waals surface area contributed by atoms with Crippen molar-refractivity contribution in [3.05, 3.63) is 94.7 Å². The highest BCUT2D eigenvalue weighted by atomic mass is 19.1. The lowest BCUT2D eigenvalue weighted by Gasteiger charge is -2.24. The number of aliphatic hydroxyl groups is 1. The predicted octanol–water partition coefficient (Wildman–Crippen LogP) is 4.75. The second-order valence-corrected chi connectivity index (χ2v) is 7.44. The van der Waals surface area contributed by atoms with Gasteiger partial charge in [-0.25, -0.2) is 4.39 Å². The van der Waals surface area contributed by atoms with Crippen molar-refractivity contribution in [3.8, 4) is 5.75 Å². The Morgan fingerprint density at radius 1 is 1.16 bits per heavy atom. The number of halogens is 1. The minimum Gasteiger partial charge on any atom is -0.507 e. The summed E-state index contributed by atoms with van der Waals surface area (Å²) in [6.07, 6.45) is 1.45. The Bertz CT molecular complexity index is 1200. The molecule has 2 aromatic carbocycles. The van der Waals surface area contributed by atoms with Gasteiger partial charge in [0.05, 0.1) is 31.0 Å². The van der Waals surface area contributed by atoms with Gasteiger partial charge < -0.3 is 19.2 Å². The van der Waals surface area contributed by atoms with E-state index in [2.05, 4.69) is 0 Å². The van der Waals surface area contributed by atoms with Crippen molar-refractivity contribution in [2.45, 2.75) is 26.4 Å². The Labute approximate surface area is 184 Å². The van der Waals surface area contributed by atoms with Crippen molar-refractivity contribution in [2.75, 3.05) is 6.61 Å². The maximum absolute atomic E-state index is 14.8. The molecule has 2 heterocycles. The summed E-state index contributed by atoms with van der Waals surface area (Å²) in [4.78, 5) is 27.2. The van der Waals surface area contributed by atoms with Crippen molar-refractivity contribution in [1.82, 2.24) is 4.90 Å². The summed E-state index contributed by atoms with van der Waals surface area (Å²) < 4.78 is 25.7. The lowest BCUT2D eigenvalue weighted by Crippen LogP contribution is -2.29. The van der Waals surface area contributed by atoms with Crippen LogP contribution in [0.4, 0.5) is 4.39 Å². The first-order valence-electron chi connectivity index (χ1n) is 10.2. The van der Waals surface area contributed by atoms with E-state index in [1.165, 1.54) is 29.4 Å². The van der Waals surface area contributed by atoms with E-state index in [0.29, 0.717) is 23.7 Å². The van der Waals surface area contributed by atoms with Crippen LogP contribution in [0.5, 0.6) is 5.75 Å². The molecular weight excluding hydrogens is 413 g/mol. The summed E-state index contributed by atoms with van der Waals surface area (Å²) in [7, 11) is 0. The topological polar surface area (TPSA) is 80.0 Å². The minimum atomic E-state index is -1.10. The third-order valence-corrected chi connectivity index (χ3v) is 5.39. The standard InChI is InChI=1S/C25H22FNO5/c1-3-31-20-11-10-16(13-15(20)2)23(28)21-22(18-8-4-5-9-19(18)26)27(25(30)24(21)29)14-17-7-6-12-32-17/h4-13,22,28H,3,14H2,1-2H3/b23-21+. The molecule has 1 saturated heterocycles. The van der Waals surface area contributed by atoms with E-state index < -0.39 is 23.5 Å². The molecule has 7 heteroatoms. The summed E-state index contributed by atoms with van der Waals surface area (Å²) in [6, 6.07) is 13.1. The quantitative estimate of drug-likeness (QED) is 0.343. The number of ketones is 1. The number of carbonyl (C=O) groups is 2. The van der Waals surface area contributed by atoms with Crippen LogP contribution in [0.1, 0.15) is 35.4 Å². The van der Waals surface area contributed by atoms with Gasteiger partial charge in [-0.2, -0.15) is 0 Å². The fourth-order valence-corrected chi connectivity index (χ4v) is 3.90. The molecule has 6 nitrogen and oxygen atoms in total. The number of aryl methyl sites for hydroxylation is 1. The van der Waals surface area contributed by atoms with Crippen molar-refractivity contribution in [1.29, 1.82) is 0 Å². The van der Waals surface area contributed by atoms with Gasteiger partial charge in [-0.1, -0.05) is 18.2 Å². The lowest BCUT2D eigenvalue weighted by atomic mass is 9.94. The first-order chi connectivity index (χ1) is 15.4. The number of nitrogens with zero attached hydrogens (tertiary/aromatic N) is 1. The van der Waals surface area contributed by atoms with Gasteiger partial charge in [0, 0.05) is 11.1 Å². The zero-order valence-corrected chi connectivity index (χ0v) is 17.7. The zero-order valence-electron chi connectivity index (χ0n) is 17.7. The summed E-state index contributed by atoms with van der Waals surface area (Å²) in [5, 5.41) is 11.1. The molecule has 32 heavy (non-hydrogen) atoms. The van der Waals surface area contributed by atoms with Crippen LogP contribution in [-0.4, -0.2) is 28.3 Å². The molecule has 1 aliphatic rings. The fraction of sp³-hybridized carbons (Fsp3) is 0.200. The highest BCUT2D eigenvalue weighted by Crippen LogP contribution is 2.41. The Kier molecular flexibility index (Phi) is 5.81. The van der Waals surface area contributed by atoms with Crippen LogP contribution in [0.15, 0.2) is 70.9 Å². The summed E-state index contributed by atoms with van der Waals surface area (Å²) in [5.41, 5.74) is 1.03. The smallest absolute Gasteiger partial charge is 0.296 e. The van der Waals surface area contributed by atoms with Crippen LogP contribution in [0.2, 0.25) is 0 Å². The van der Waals surface area contributed by atoms with Gasteiger partial charge in [0.1, 0.15) is 23.1 Å². The molecule has 1 aromatic heterocycles. The first-order valence-corrected chi connectivity index (χ1v) is 10.2. The number of hydrogen-bond acceptors (Lipinski definition) is 5. The van der Waals surface area contributed by atoms with Gasteiger partial charge in [-0.3, -0.25) is 9.59 Å². The molecule has 0 radical (unpaired) electrons. The third kappa shape index (κ3) is 3.77. The Hall–Kier alpha value is -3.87. The first kappa shape index (κ1) is 21.4. The Morgan fingerprint density at radius 3 is 2.59 bits per heavy atom. The van der Waals surface area contributed by atoms with Gasteiger partial charge in [-0.15, -0.1) is 0 Å². The van der Waals surface area contributed by atoms with Crippen molar-refractivity contribution in [2.24, 2.45) is 0 Å². The number of likely N-dealkylation sites (tertiary alicyclic amines) is 1. The van der Waals surface area contributed by atoms with Crippen LogP contribution in [0, 0.1) is 12.7 Å². The van der Waals surface area contributed by atoms with Crippen LogP contribution in [0.25, 0.3) is 5.76 Å². The molecule has 1 N–H and O–H groups in total. The van der Waals surface area contributed by atoms with Crippen molar-refractivity contribution in [3.63, 3.8) is 0 Å². The number of rotatable bonds is 6. The molecule has 164 valence electrons. The average Bonchev–Trinajstić information content (AvgIpc) is 3.38. The lowest BCUT2D eigenvalue weighted by molar-refractivity contribution is -0.140. The SMILES string of the molecule is CCOc1ccc(/C(O)=C2\C(=O)C(=O)N(Cc3ccco3)C2c2ccccc2F)cc1C. The molecule has 4 rings (SSSR count). The van der Waals surface area contributed by atoms with Gasteiger partial charge in [0.2, 0.25) is 0 Å². The van der Waals surface area contributed by atoms with Crippen LogP contribution in [0.3, 0.4) is 0 Å². The molecule has 1 aliphatic heterocycles. The Balaban J connectivity index is 1.86. The van der Waals surface area contributed by atoms with Gasteiger partial charge in [-0.05, 0) is 55.8 Å². The highest BCUT2D eigenvalue weighted by Gasteiger charge is 2.47. The van der Waals surface area contributed by atoms with E-state index in [1.807, 2.05) is 13.8 Å². The monoisotopic (exact) mass is 435 g/mol. The summed E-state index contributed by atoms with van der Waals surface area (Å²) in [5.74, 6) is -1.59. The van der Waals surface area contributed by atoms with E-state index in [-0.39, 0.29) is 23.4 Å². The van der Waals surface area contributed by atoms with Gasteiger partial charge >= 0.3 is 0 Å². The second kappa shape index (κ2) is 8.70. The van der Waals surface area contributed by atoms with E-state index in [1.54, 1.807) is 36.4 Å². The fourth-order valence-electron chi connectivity index (χ4n) is 3.90. The van der Waals surface area contributed by atoms with E-state index in [0.717, 1.165) is 5.56 Å². The van der Waals surface area contributed by atoms with Gasteiger partial charge in [0.15, 0.2) is 0 Å². The summed E-state index contributed by atoms with van der Waals surface area (Å²) in [6.45, 7) is 4.11. The number of Topliss-reactive ketones (excluding diaryl/α,β-unsaturated/α-hetero) is 1. The predicted molar refractivity (Wildman–Crippen MR) is 115 cm³/mol. The zero-order chi connectivity index (χ0) is 22.8. The molecule has 0 aliphatic carbocycles. The number of furan rings is 1. The second-order valence-electron chi connectivity index (χ2n) is 7.44. The van der Waals surface area contributed by atoms with E-state index in [9.17, 15) is 19.1 Å². The number of hydrogen-bond donors (Lipinski definition) is 1. The van der Waals surface area contributed by atoms with Crippen molar-refractivity contribution >= 4 is 17.4 Å². The molecule has 0 bridgehead atoms. The van der Waals surface area contributed by atoms with Gasteiger partial charge in [0.25, 0.3) is 11.7 Å². The number of aliphatic hydroxyl groups excluding tert-OH is 1. The number of amides is 1. The largest absolute Gasteiger partial charge is 0.507 e. The van der Waals surface area contributed by atoms with Crippen LogP contribution in [-0.2, 0) is 16.1 Å². The molecule has 0 saturated carbocycles. The van der Waals surface area contributed by atoms with E-state index >= 15 is 0 Å². The number of ether oxygens (including phenoxy) is 1. The number of benzene rings is 2. The highest BCUT2D eigenvalue weighted by molar-refractivity contribution is 6.46. The van der Waals surface area contributed by atoms with Crippen LogP contribution < -0.4 is 4.74 Å². The number of carbonyl (C=O) groups excluding carboxylic acids is 2. The normalized spacial score (nSPS) is 17.7. The molecule has 1 atom stereocenters. The molecule has 3 aromatic rings. The van der Waals surface area contributed by atoms with E-state index in [4.69, 9.17) is 9.15 Å². The molecular formula is C25H22FNO5. The third-order valence-electron chi connectivity index (χ3n) is 5.39. The maximum Gasteiger partial charge on any atom is 0.296 e. The molecule has 0 spiro atoms. The maximum atomic E-state index is 14.8. The molecule has 1 unspecified atom stereocenters. The minimum absolute atomic E-state index is 0.0460. The average molecular weight is 435 g/mol. The molecule has 1 fully saturated rings. The molecule has 1 amide bonds. The summed E-state index contributed by atoms with van der Waals surface area (Å²) >= 11 is 0. The Morgan fingerprint density at radius 2 is 1.94 bits per heavy atom. The van der Waals surface area contributed by atoms with Crippen LogP contribution >= 0.6 is 0 Å².